The number of methoxy groups -OCH3 is 1. The van der Waals surface area contributed by atoms with Gasteiger partial charge in [-0.2, -0.15) is 0 Å². The van der Waals surface area contributed by atoms with E-state index in [-0.39, 0.29) is 0 Å². The second kappa shape index (κ2) is 12.9. The standard InChI is InChI=1S/C8H17NO.2C2H6/c1-9-5-3-8(7-9)4-6-10-2;2*1-2/h8H,3-7H2,1-2H3;2*1-2H3/t8-;;/m0../s1. The molecule has 0 radical (unpaired) electrons. The van der Waals surface area contributed by atoms with Gasteiger partial charge in [0.2, 0.25) is 0 Å². The van der Waals surface area contributed by atoms with Crippen molar-refractivity contribution in [3.05, 3.63) is 0 Å². The Morgan fingerprint density at radius 3 is 2.14 bits per heavy atom. The Morgan fingerprint density at radius 2 is 1.79 bits per heavy atom. The van der Waals surface area contributed by atoms with Gasteiger partial charge in [-0.15, -0.1) is 0 Å². The fourth-order valence-electron chi connectivity index (χ4n) is 1.55. The van der Waals surface area contributed by atoms with Crippen molar-refractivity contribution in [2.75, 3.05) is 33.9 Å². The molecule has 0 saturated carbocycles. The highest BCUT2D eigenvalue weighted by Gasteiger charge is 2.18. The lowest BCUT2D eigenvalue weighted by atomic mass is 10.1. The van der Waals surface area contributed by atoms with E-state index in [9.17, 15) is 0 Å². The maximum atomic E-state index is 5.02. The van der Waals surface area contributed by atoms with Crippen molar-refractivity contribution in [1.29, 1.82) is 0 Å². The lowest BCUT2D eigenvalue weighted by Gasteiger charge is -2.08. The fraction of sp³-hybridized carbons (Fsp3) is 1.00. The lowest BCUT2D eigenvalue weighted by molar-refractivity contribution is 0.178. The topological polar surface area (TPSA) is 12.5 Å². The van der Waals surface area contributed by atoms with Crippen molar-refractivity contribution < 1.29 is 4.74 Å². The predicted molar refractivity (Wildman–Crippen MR) is 64.8 cm³/mol. The summed E-state index contributed by atoms with van der Waals surface area (Å²) < 4.78 is 5.02. The summed E-state index contributed by atoms with van der Waals surface area (Å²) in [6, 6.07) is 0. The van der Waals surface area contributed by atoms with Crippen LogP contribution >= 0.6 is 0 Å². The van der Waals surface area contributed by atoms with Gasteiger partial charge in [-0.05, 0) is 32.4 Å². The van der Waals surface area contributed by atoms with Gasteiger partial charge < -0.3 is 9.64 Å². The summed E-state index contributed by atoms with van der Waals surface area (Å²) in [6.45, 7) is 11.5. The van der Waals surface area contributed by atoms with E-state index in [0.29, 0.717) is 0 Å². The van der Waals surface area contributed by atoms with E-state index in [1.54, 1.807) is 7.11 Å². The minimum atomic E-state index is 0.893. The zero-order chi connectivity index (χ0) is 11.4. The third kappa shape index (κ3) is 8.52. The van der Waals surface area contributed by atoms with Crippen molar-refractivity contribution in [3.8, 4) is 0 Å². The van der Waals surface area contributed by atoms with Crippen LogP contribution in [0.25, 0.3) is 0 Å². The molecule has 2 heteroatoms. The van der Waals surface area contributed by atoms with Gasteiger partial charge in [-0.1, -0.05) is 27.7 Å². The molecule has 1 aliphatic heterocycles. The van der Waals surface area contributed by atoms with Crippen molar-refractivity contribution in [3.63, 3.8) is 0 Å². The first-order valence-electron chi connectivity index (χ1n) is 6.00. The number of rotatable bonds is 3. The Bertz CT molecular complexity index is 96.3. The molecule has 14 heavy (non-hydrogen) atoms. The first-order chi connectivity index (χ1) is 6.83. The van der Waals surface area contributed by atoms with Gasteiger partial charge in [-0.3, -0.25) is 0 Å². The minimum absolute atomic E-state index is 0.893. The van der Waals surface area contributed by atoms with Crippen molar-refractivity contribution in [1.82, 2.24) is 4.90 Å². The van der Waals surface area contributed by atoms with Gasteiger partial charge in [0.15, 0.2) is 0 Å². The van der Waals surface area contributed by atoms with Gasteiger partial charge in [0, 0.05) is 20.3 Å². The number of likely N-dealkylation sites (tertiary alicyclic amines) is 1. The van der Waals surface area contributed by atoms with E-state index in [4.69, 9.17) is 4.74 Å². The normalized spacial score (nSPS) is 20.6. The third-order valence-electron chi connectivity index (χ3n) is 2.22. The van der Waals surface area contributed by atoms with E-state index in [0.717, 1.165) is 12.5 Å². The highest BCUT2D eigenvalue weighted by atomic mass is 16.5. The van der Waals surface area contributed by atoms with Crippen LogP contribution in [-0.2, 0) is 4.74 Å². The molecule has 0 spiro atoms. The molecule has 1 saturated heterocycles. The molecule has 0 bridgehead atoms. The molecular formula is C12H29NO. The highest BCUT2D eigenvalue weighted by Crippen LogP contribution is 2.17. The highest BCUT2D eigenvalue weighted by molar-refractivity contribution is 4.72. The second-order valence-electron chi connectivity index (χ2n) is 3.20. The first-order valence-corrected chi connectivity index (χ1v) is 6.00. The van der Waals surface area contributed by atoms with Crippen molar-refractivity contribution in [2.24, 2.45) is 5.92 Å². The summed E-state index contributed by atoms with van der Waals surface area (Å²) in [5.74, 6) is 0.893. The average molecular weight is 203 g/mol. The number of ether oxygens (including phenoxy) is 1. The molecular weight excluding hydrogens is 174 g/mol. The second-order valence-corrected chi connectivity index (χ2v) is 3.20. The van der Waals surface area contributed by atoms with Crippen LogP contribution in [0.4, 0.5) is 0 Å². The largest absolute Gasteiger partial charge is 0.385 e. The zero-order valence-electron chi connectivity index (χ0n) is 11.0. The first kappa shape index (κ1) is 16.4. The minimum Gasteiger partial charge on any atom is -0.385 e. The van der Waals surface area contributed by atoms with Gasteiger partial charge in [0.05, 0.1) is 0 Å². The molecule has 0 aromatic rings. The molecule has 0 aromatic heterocycles. The molecule has 1 atom stereocenters. The van der Waals surface area contributed by atoms with Crippen LogP contribution in [0.15, 0.2) is 0 Å². The fourth-order valence-corrected chi connectivity index (χ4v) is 1.55. The summed E-state index contributed by atoms with van der Waals surface area (Å²) in [7, 11) is 3.96. The predicted octanol–water partition coefficient (Wildman–Crippen LogP) is 3.03. The third-order valence-corrected chi connectivity index (χ3v) is 2.22. The van der Waals surface area contributed by atoms with Crippen LogP contribution in [0.5, 0.6) is 0 Å². The Balaban J connectivity index is 0. The zero-order valence-corrected chi connectivity index (χ0v) is 11.0. The van der Waals surface area contributed by atoms with Crippen LogP contribution in [0.2, 0.25) is 0 Å². The smallest absolute Gasteiger partial charge is 0.0465 e. The monoisotopic (exact) mass is 203 g/mol. The SMILES string of the molecule is CC.CC.COCC[C@@H]1CCN(C)C1. The molecule has 1 fully saturated rings. The Morgan fingerprint density at radius 1 is 1.21 bits per heavy atom. The van der Waals surface area contributed by atoms with E-state index in [1.807, 2.05) is 27.7 Å². The van der Waals surface area contributed by atoms with Crippen molar-refractivity contribution in [2.45, 2.75) is 40.5 Å². The average Bonchev–Trinajstić information content (AvgIpc) is 2.67. The Labute approximate surface area is 90.6 Å². The molecule has 0 aliphatic carbocycles. The van der Waals surface area contributed by atoms with E-state index < -0.39 is 0 Å². The summed E-state index contributed by atoms with van der Waals surface area (Å²) >= 11 is 0. The van der Waals surface area contributed by atoms with Crippen LogP contribution < -0.4 is 0 Å². The maximum Gasteiger partial charge on any atom is 0.0465 e. The van der Waals surface area contributed by atoms with Gasteiger partial charge in [-0.25, -0.2) is 0 Å². The molecule has 1 rings (SSSR count). The number of hydrogen-bond donors (Lipinski definition) is 0. The number of hydrogen-bond acceptors (Lipinski definition) is 2. The molecule has 88 valence electrons. The van der Waals surface area contributed by atoms with Gasteiger partial charge in [0.1, 0.15) is 0 Å². The maximum absolute atomic E-state index is 5.02. The van der Waals surface area contributed by atoms with Crippen LogP contribution in [0.1, 0.15) is 40.5 Å². The summed E-state index contributed by atoms with van der Waals surface area (Å²) in [5.41, 5.74) is 0. The summed E-state index contributed by atoms with van der Waals surface area (Å²) in [6.07, 6.45) is 2.60. The van der Waals surface area contributed by atoms with Crippen LogP contribution in [0, 0.1) is 5.92 Å². The van der Waals surface area contributed by atoms with Crippen LogP contribution in [-0.4, -0.2) is 38.8 Å². The quantitative estimate of drug-likeness (QED) is 0.699. The van der Waals surface area contributed by atoms with E-state index in [1.165, 1.54) is 25.9 Å². The number of nitrogens with zero attached hydrogens (tertiary/aromatic N) is 1. The summed E-state index contributed by atoms with van der Waals surface area (Å²) in [5, 5.41) is 0. The molecule has 0 unspecified atom stereocenters. The van der Waals surface area contributed by atoms with Crippen molar-refractivity contribution >= 4 is 0 Å². The molecule has 0 amide bonds. The molecule has 0 N–H and O–H groups in total. The van der Waals surface area contributed by atoms with Crippen LogP contribution in [0.3, 0.4) is 0 Å². The molecule has 2 nitrogen and oxygen atoms in total. The molecule has 1 aliphatic rings. The van der Waals surface area contributed by atoms with Gasteiger partial charge in [0.25, 0.3) is 0 Å². The Hall–Kier alpha value is -0.0800. The van der Waals surface area contributed by atoms with E-state index in [2.05, 4.69) is 11.9 Å². The lowest BCUT2D eigenvalue weighted by Crippen LogP contribution is -2.14. The van der Waals surface area contributed by atoms with Gasteiger partial charge >= 0.3 is 0 Å². The van der Waals surface area contributed by atoms with E-state index >= 15 is 0 Å². The Kier molecular flexibility index (Phi) is 15.1. The summed E-state index contributed by atoms with van der Waals surface area (Å²) in [4.78, 5) is 2.39. The molecule has 1 heterocycles. The molecule has 0 aromatic carbocycles.